The first kappa shape index (κ1) is 32.5. The van der Waals surface area contributed by atoms with Crippen LogP contribution in [-0.2, 0) is 41.5 Å². The summed E-state index contributed by atoms with van der Waals surface area (Å²) in [5.41, 5.74) is 3.31. The number of carbonyl (C=O) groups excluding carboxylic acids is 4. The summed E-state index contributed by atoms with van der Waals surface area (Å²) in [6.45, 7) is 0.551. The molecule has 0 saturated carbocycles. The highest BCUT2D eigenvalue weighted by Crippen LogP contribution is 2.24. The standard InChI is InChI=1S/C36H36N2O7/c39-33(19-21-35(41)43-25-23-27-7-3-1-4-8-27)37-29-11-15-31(16-12-29)45-32-17-13-30(14-18-32)38-34(40)20-22-36(42)44-26-24-28-9-5-2-6-10-28/h1-18H,19-26H2,(H,37,39)(H,38,40). The SMILES string of the molecule is O=C(CCC(=O)OCCc1ccccc1)Nc1ccc(Oc2ccc(NC(=O)CCC(=O)OCCc3ccccc3)cc2)cc1. The van der Waals surface area contributed by atoms with Crippen LogP contribution < -0.4 is 15.4 Å². The number of nitrogens with one attached hydrogen (secondary N) is 2. The average molecular weight is 609 g/mol. The fourth-order valence-electron chi connectivity index (χ4n) is 4.23. The van der Waals surface area contributed by atoms with Crippen molar-refractivity contribution in [3.8, 4) is 11.5 Å². The molecular weight excluding hydrogens is 572 g/mol. The third-order valence-electron chi connectivity index (χ3n) is 6.62. The number of anilines is 2. The van der Waals surface area contributed by atoms with E-state index in [1.165, 1.54) is 0 Å². The van der Waals surface area contributed by atoms with Crippen molar-refractivity contribution >= 4 is 35.1 Å². The van der Waals surface area contributed by atoms with E-state index >= 15 is 0 Å². The Balaban J connectivity index is 1.10. The lowest BCUT2D eigenvalue weighted by Crippen LogP contribution is -2.15. The van der Waals surface area contributed by atoms with E-state index in [0.29, 0.717) is 35.7 Å². The molecule has 0 bridgehead atoms. The molecule has 9 heteroatoms. The molecule has 4 rings (SSSR count). The van der Waals surface area contributed by atoms with Gasteiger partial charge in [-0.1, -0.05) is 60.7 Å². The molecule has 232 valence electrons. The molecule has 2 N–H and O–H groups in total. The third kappa shape index (κ3) is 12.4. The molecule has 0 aromatic heterocycles. The van der Waals surface area contributed by atoms with E-state index in [-0.39, 0.29) is 50.7 Å². The van der Waals surface area contributed by atoms with Crippen molar-refractivity contribution in [3.63, 3.8) is 0 Å². The van der Waals surface area contributed by atoms with Crippen LogP contribution in [0.2, 0.25) is 0 Å². The van der Waals surface area contributed by atoms with Gasteiger partial charge in [0, 0.05) is 37.1 Å². The normalized spacial score (nSPS) is 10.4. The molecule has 0 heterocycles. The number of carbonyl (C=O) groups is 4. The van der Waals surface area contributed by atoms with Crippen LogP contribution in [0, 0.1) is 0 Å². The minimum absolute atomic E-state index is 0.00000206. The summed E-state index contributed by atoms with van der Waals surface area (Å²) in [6.07, 6.45) is 1.29. The van der Waals surface area contributed by atoms with Gasteiger partial charge in [0.1, 0.15) is 11.5 Å². The van der Waals surface area contributed by atoms with E-state index in [4.69, 9.17) is 14.2 Å². The van der Waals surface area contributed by atoms with E-state index in [1.807, 2.05) is 60.7 Å². The van der Waals surface area contributed by atoms with E-state index in [1.54, 1.807) is 48.5 Å². The molecule has 9 nitrogen and oxygen atoms in total. The Morgan fingerprint density at radius 2 is 0.844 bits per heavy atom. The zero-order valence-corrected chi connectivity index (χ0v) is 24.9. The van der Waals surface area contributed by atoms with Crippen molar-refractivity contribution < 1.29 is 33.4 Å². The summed E-state index contributed by atoms with van der Waals surface area (Å²) in [6, 6.07) is 33.1. The molecule has 0 aliphatic heterocycles. The minimum atomic E-state index is -0.412. The molecule has 4 aromatic rings. The van der Waals surface area contributed by atoms with E-state index in [9.17, 15) is 19.2 Å². The van der Waals surface area contributed by atoms with Crippen molar-refractivity contribution in [1.29, 1.82) is 0 Å². The van der Waals surface area contributed by atoms with Gasteiger partial charge in [0.25, 0.3) is 0 Å². The van der Waals surface area contributed by atoms with Crippen molar-refractivity contribution in [1.82, 2.24) is 0 Å². The Bertz CT molecular complexity index is 1410. The number of benzene rings is 4. The Morgan fingerprint density at radius 3 is 1.22 bits per heavy atom. The van der Waals surface area contributed by atoms with Gasteiger partial charge < -0.3 is 24.8 Å². The number of esters is 2. The van der Waals surface area contributed by atoms with Gasteiger partial charge in [-0.3, -0.25) is 19.2 Å². The van der Waals surface area contributed by atoms with Crippen LogP contribution in [0.3, 0.4) is 0 Å². The quantitative estimate of drug-likeness (QED) is 0.140. The summed E-state index contributed by atoms with van der Waals surface area (Å²) in [5.74, 6) is -0.298. The number of hydrogen-bond acceptors (Lipinski definition) is 7. The van der Waals surface area contributed by atoms with E-state index < -0.39 is 11.9 Å². The maximum Gasteiger partial charge on any atom is 0.306 e. The molecule has 0 unspecified atom stereocenters. The van der Waals surface area contributed by atoms with Crippen molar-refractivity contribution in [2.24, 2.45) is 0 Å². The number of rotatable bonds is 16. The van der Waals surface area contributed by atoms with Crippen LogP contribution in [0.1, 0.15) is 36.8 Å². The highest BCUT2D eigenvalue weighted by atomic mass is 16.5. The lowest BCUT2D eigenvalue weighted by atomic mass is 10.2. The van der Waals surface area contributed by atoms with Crippen LogP contribution in [0.4, 0.5) is 11.4 Å². The first-order valence-corrected chi connectivity index (χ1v) is 14.8. The second kappa shape index (κ2) is 17.6. The molecule has 4 aromatic carbocycles. The van der Waals surface area contributed by atoms with E-state index in [2.05, 4.69) is 10.6 Å². The predicted octanol–water partition coefficient (Wildman–Crippen LogP) is 6.49. The van der Waals surface area contributed by atoms with Crippen LogP contribution in [-0.4, -0.2) is 37.0 Å². The average Bonchev–Trinajstić information content (AvgIpc) is 3.06. The molecule has 2 amide bonds. The second-order valence-corrected chi connectivity index (χ2v) is 10.2. The molecule has 0 spiro atoms. The lowest BCUT2D eigenvalue weighted by molar-refractivity contribution is -0.145. The Morgan fingerprint density at radius 1 is 0.467 bits per heavy atom. The minimum Gasteiger partial charge on any atom is -0.465 e. The number of ether oxygens (including phenoxy) is 3. The lowest BCUT2D eigenvalue weighted by Gasteiger charge is -2.10. The third-order valence-corrected chi connectivity index (χ3v) is 6.62. The molecule has 0 aliphatic carbocycles. The molecule has 0 saturated heterocycles. The van der Waals surface area contributed by atoms with Crippen LogP contribution in [0.15, 0.2) is 109 Å². The topological polar surface area (TPSA) is 120 Å². The monoisotopic (exact) mass is 608 g/mol. The van der Waals surface area contributed by atoms with Gasteiger partial charge in [-0.2, -0.15) is 0 Å². The first-order valence-electron chi connectivity index (χ1n) is 14.8. The second-order valence-electron chi connectivity index (χ2n) is 10.2. The number of hydrogen-bond donors (Lipinski definition) is 2. The fraction of sp³-hybridized carbons (Fsp3) is 0.222. The summed E-state index contributed by atoms with van der Waals surface area (Å²) in [4.78, 5) is 48.4. The zero-order valence-electron chi connectivity index (χ0n) is 24.9. The summed E-state index contributed by atoms with van der Waals surface area (Å²) < 4.78 is 16.3. The molecule has 0 atom stereocenters. The van der Waals surface area contributed by atoms with Crippen molar-refractivity contribution in [3.05, 3.63) is 120 Å². The molecule has 0 fully saturated rings. The fourth-order valence-corrected chi connectivity index (χ4v) is 4.23. The largest absolute Gasteiger partial charge is 0.465 e. The summed E-state index contributed by atoms with van der Waals surface area (Å²) >= 11 is 0. The van der Waals surface area contributed by atoms with Crippen molar-refractivity contribution in [2.75, 3.05) is 23.8 Å². The smallest absolute Gasteiger partial charge is 0.306 e. The van der Waals surface area contributed by atoms with Crippen molar-refractivity contribution in [2.45, 2.75) is 38.5 Å². The Kier molecular flexibility index (Phi) is 12.7. The molecular formula is C36H36N2O7. The molecule has 0 aliphatic rings. The highest BCUT2D eigenvalue weighted by molar-refractivity contribution is 5.93. The Hall–Kier alpha value is -5.44. The summed E-state index contributed by atoms with van der Waals surface area (Å²) in [7, 11) is 0. The summed E-state index contributed by atoms with van der Waals surface area (Å²) in [5, 5.41) is 5.52. The number of amides is 2. The van der Waals surface area contributed by atoms with Gasteiger partial charge in [-0.05, 0) is 59.7 Å². The highest BCUT2D eigenvalue weighted by Gasteiger charge is 2.11. The predicted molar refractivity (Wildman–Crippen MR) is 171 cm³/mol. The van der Waals surface area contributed by atoms with Gasteiger partial charge in [0.2, 0.25) is 11.8 Å². The maximum atomic E-state index is 12.3. The van der Waals surface area contributed by atoms with Gasteiger partial charge in [0.05, 0.1) is 26.1 Å². The van der Waals surface area contributed by atoms with Crippen LogP contribution in [0.25, 0.3) is 0 Å². The molecule has 45 heavy (non-hydrogen) atoms. The maximum absolute atomic E-state index is 12.3. The van der Waals surface area contributed by atoms with Crippen LogP contribution >= 0.6 is 0 Å². The van der Waals surface area contributed by atoms with Gasteiger partial charge in [0.15, 0.2) is 0 Å². The van der Waals surface area contributed by atoms with Gasteiger partial charge in [-0.25, -0.2) is 0 Å². The first-order chi connectivity index (χ1) is 21.9. The van der Waals surface area contributed by atoms with Gasteiger partial charge >= 0.3 is 11.9 Å². The zero-order chi connectivity index (χ0) is 31.7. The Labute approximate surface area is 262 Å². The molecule has 0 radical (unpaired) electrons. The van der Waals surface area contributed by atoms with E-state index in [0.717, 1.165) is 11.1 Å². The van der Waals surface area contributed by atoms with Crippen LogP contribution in [0.5, 0.6) is 11.5 Å². The van der Waals surface area contributed by atoms with Gasteiger partial charge in [-0.15, -0.1) is 0 Å².